The number of carboxylic acids is 1. The highest BCUT2D eigenvalue weighted by Crippen LogP contribution is 2.43. The molecule has 118 valence electrons. The van der Waals surface area contributed by atoms with E-state index in [0.717, 1.165) is 6.07 Å². The summed E-state index contributed by atoms with van der Waals surface area (Å²) in [5, 5.41) is 8.85. The fourth-order valence-corrected chi connectivity index (χ4v) is 4.16. The fraction of sp³-hybridized carbons (Fsp3) is 0.615. The van der Waals surface area contributed by atoms with Crippen LogP contribution in [0.5, 0.6) is 0 Å². The van der Waals surface area contributed by atoms with E-state index in [4.69, 9.17) is 14.3 Å². The Morgan fingerprint density at radius 1 is 1.52 bits per heavy atom. The predicted octanol–water partition coefficient (Wildman–Crippen LogP) is 1.38. The molecule has 1 aromatic heterocycles. The predicted molar refractivity (Wildman–Crippen MR) is 73.7 cm³/mol. The minimum atomic E-state index is -3.83. The van der Waals surface area contributed by atoms with Gasteiger partial charge in [0.1, 0.15) is 10.7 Å². The maximum atomic E-state index is 12.4. The van der Waals surface area contributed by atoms with E-state index in [1.54, 1.807) is 7.11 Å². The van der Waals surface area contributed by atoms with Crippen LogP contribution in [0.25, 0.3) is 0 Å². The quantitative estimate of drug-likeness (QED) is 0.850. The first kappa shape index (κ1) is 16.0. The van der Waals surface area contributed by atoms with Crippen molar-refractivity contribution in [3.05, 3.63) is 17.6 Å². The van der Waals surface area contributed by atoms with Crippen molar-refractivity contribution in [1.82, 2.24) is 4.72 Å². The van der Waals surface area contributed by atoms with E-state index < -0.39 is 21.8 Å². The normalized spacial score (nSPS) is 24.6. The van der Waals surface area contributed by atoms with Gasteiger partial charge in [0, 0.05) is 24.6 Å². The van der Waals surface area contributed by atoms with E-state index in [9.17, 15) is 13.2 Å². The maximum absolute atomic E-state index is 12.4. The average Bonchev–Trinajstić information content (AvgIpc) is 2.77. The molecule has 0 amide bonds. The van der Waals surface area contributed by atoms with Crippen LogP contribution in [0.15, 0.2) is 15.4 Å². The van der Waals surface area contributed by atoms with E-state index in [0.29, 0.717) is 6.42 Å². The molecule has 2 rings (SSSR count). The molecule has 2 N–H and O–H groups in total. The maximum Gasteiger partial charge on any atom is 0.371 e. The number of carboxylic acid groups (broad SMARTS) is 1. The Labute approximate surface area is 123 Å². The molecule has 1 aromatic rings. The molecule has 0 aliphatic heterocycles. The lowest BCUT2D eigenvalue weighted by molar-refractivity contribution is -0.0908. The summed E-state index contributed by atoms with van der Waals surface area (Å²) in [5.41, 5.74) is -0.324. The number of hydrogen-bond donors (Lipinski definition) is 2. The number of aryl methyl sites for hydroxylation is 1. The second-order valence-electron chi connectivity index (χ2n) is 5.79. The van der Waals surface area contributed by atoms with E-state index >= 15 is 0 Å². The number of carbonyl (C=O) groups is 1. The number of furan rings is 1. The van der Waals surface area contributed by atoms with Crippen molar-refractivity contribution in [3.8, 4) is 0 Å². The van der Waals surface area contributed by atoms with Gasteiger partial charge in [0.15, 0.2) is 0 Å². The molecule has 2 atom stereocenters. The zero-order valence-corrected chi connectivity index (χ0v) is 13.2. The fourth-order valence-electron chi connectivity index (χ4n) is 2.57. The van der Waals surface area contributed by atoms with Crippen LogP contribution in [0.2, 0.25) is 0 Å². The summed E-state index contributed by atoms with van der Waals surface area (Å²) in [5.74, 6) is -1.64. The van der Waals surface area contributed by atoms with Crippen molar-refractivity contribution < 1.29 is 27.5 Å². The van der Waals surface area contributed by atoms with Gasteiger partial charge in [0.25, 0.3) is 0 Å². The largest absolute Gasteiger partial charge is 0.475 e. The number of aromatic carboxylic acids is 1. The van der Waals surface area contributed by atoms with E-state index in [1.807, 2.05) is 13.8 Å². The summed E-state index contributed by atoms with van der Waals surface area (Å²) < 4.78 is 37.6. The molecular formula is C13H19NO6S. The van der Waals surface area contributed by atoms with Gasteiger partial charge < -0.3 is 14.3 Å². The third kappa shape index (κ3) is 2.70. The number of methoxy groups -OCH3 is 1. The first-order chi connectivity index (χ1) is 9.59. The van der Waals surface area contributed by atoms with Crippen LogP contribution in [-0.2, 0) is 14.8 Å². The first-order valence-electron chi connectivity index (χ1n) is 6.48. The van der Waals surface area contributed by atoms with Crippen molar-refractivity contribution >= 4 is 16.0 Å². The Kier molecular flexibility index (Phi) is 3.90. The van der Waals surface area contributed by atoms with Crippen LogP contribution < -0.4 is 4.72 Å². The number of nitrogens with one attached hydrogen (secondary N) is 1. The van der Waals surface area contributed by atoms with Gasteiger partial charge in [-0.05, 0) is 13.3 Å². The van der Waals surface area contributed by atoms with Gasteiger partial charge >= 0.3 is 5.97 Å². The third-order valence-electron chi connectivity index (χ3n) is 4.13. The van der Waals surface area contributed by atoms with Gasteiger partial charge in [0.05, 0.1) is 6.10 Å². The van der Waals surface area contributed by atoms with Crippen LogP contribution >= 0.6 is 0 Å². The third-order valence-corrected chi connectivity index (χ3v) is 5.71. The molecule has 1 aliphatic rings. The number of rotatable bonds is 5. The average molecular weight is 317 g/mol. The molecule has 1 fully saturated rings. The first-order valence-corrected chi connectivity index (χ1v) is 7.96. The second-order valence-corrected chi connectivity index (χ2v) is 7.47. The molecule has 7 nitrogen and oxygen atoms in total. The molecule has 2 unspecified atom stereocenters. The lowest BCUT2D eigenvalue weighted by atomic mass is 9.65. The molecule has 8 heteroatoms. The highest BCUT2D eigenvalue weighted by Gasteiger charge is 2.50. The molecule has 0 saturated heterocycles. The Hall–Kier alpha value is -1.38. The van der Waals surface area contributed by atoms with Crippen molar-refractivity contribution in [1.29, 1.82) is 0 Å². The Balaban J connectivity index is 2.22. The van der Waals surface area contributed by atoms with Crippen LogP contribution in [0.4, 0.5) is 0 Å². The zero-order chi connectivity index (χ0) is 16.0. The smallest absolute Gasteiger partial charge is 0.371 e. The van der Waals surface area contributed by atoms with Crippen molar-refractivity contribution in [3.63, 3.8) is 0 Å². The molecule has 0 bridgehead atoms. The number of sulfonamides is 1. The van der Waals surface area contributed by atoms with Gasteiger partial charge in [0.2, 0.25) is 15.8 Å². The van der Waals surface area contributed by atoms with Gasteiger partial charge in [-0.3, -0.25) is 0 Å². The molecule has 1 heterocycles. The Bertz CT molecular complexity index is 660. The van der Waals surface area contributed by atoms with Gasteiger partial charge in [-0.1, -0.05) is 13.8 Å². The zero-order valence-electron chi connectivity index (χ0n) is 12.3. The summed E-state index contributed by atoms with van der Waals surface area (Å²) in [6.07, 6.45) is 0.566. The second kappa shape index (κ2) is 5.11. The molecule has 21 heavy (non-hydrogen) atoms. The van der Waals surface area contributed by atoms with Gasteiger partial charge in [-0.2, -0.15) is 0 Å². The Morgan fingerprint density at radius 3 is 2.57 bits per heavy atom. The highest BCUT2D eigenvalue weighted by atomic mass is 32.2. The molecule has 1 aliphatic carbocycles. The van der Waals surface area contributed by atoms with E-state index in [-0.39, 0.29) is 28.2 Å². The molecule has 0 radical (unpaired) electrons. The lowest BCUT2D eigenvalue weighted by Gasteiger charge is -2.50. The monoisotopic (exact) mass is 317 g/mol. The van der Waals surface area contributed by atoms with Crippen molar-refractivity contribution in [2.24, 2.45) is 5.41 Å². The van der Waals surface area contributed by atoms with Crippen LogP contribution in [0, 0.1) is 12.3 Å². The molecule has 0 spiro atoms. The lowest BCUT2D eigenvalue weighted by Crippen LogP contribution is -2.61. The van der Waals surface area contributed by atoms with Gasteiger partial charge in [-0.15, -0.1) is 0 Å². The molecular weight excluding hydrogens is 298 g/mol. The topological polar surface area (TPSA) is 106 Å². The van der Waals surface area contributed by atoms with Crippen LogP contribution in [0.1, 0.15) is 36.6 Å². The summed E-state index contributed by atoms with van der Waals surface area (Å²) >= 11 is 0. The summed E-state index contributed by atoms with van der Waals surface area (Å²) in [4.78, 5) is 10.7. The highest BCUT2D eigenvalue weighted by molar-refractivity contribution is 7.89. The summed E-state index contributed by atoms with van der Waals surface area (Å²) in [6.45, 7) is 5.26. The Morgan fingerprint density at radius 2 is 2.14 bits per heavy atom. The minimum absolute atomic E-state index is 0.00905. The van der Waals surface area contributed by atoms with Crippen molar-refractivity contribution in [2.75, 3.05) is 7.11 Å². The molecule has 0 aromatic carbocycles. The summed E-state index contributed by atoms with van der Waals surface area (Å²) in [6, 6.07) is 0.759. The van der Waals surface area contributed by atoms with Crippen LogP contribution in [0.3, 0.4) is 0 Å². The molecule has 1 saturated carbocycles. The van der Waals surface area contributed by atoms with E-state index in [2.05, 4.69) is 4.72 Å². The van der Waals surface area contributed by atoms with Gasteiger partial charge in [-0.25, -0.2) is 17.9 Å². The minimum Gasteiger partial charge on any atom is -0.475 e. The van der Waals surface area contributed by atoms with E-state index in [1.165, 1.54) is 6.92 Å². The summed E-state index contributed by atoms with van der Waals surface area (Å²) in [7, 11) is -2.24. The van der Waals surface area contributed by atoms with Crippen molar-refractivity contribution in [2.45, 2.75) is 44.2 Å². The standard InChI is InChI=1S/C13H19NO6S/c1-7-9(5-8(20-7)12(15)16)21(17,18)14-10-6-11(19-4)13(10,2)3/h5,10-11,14H,6H2,1-4H3,(H,15,16). The number of hydrogen-bond acceptors (Lipinski definition) is 5. The number of ether oxygens (including phenoxy) is 1. The van der Waals surface area contributed by atoms with Crippen LogP contribution in [-0.4, -0.2) is 38.7 Å². The SMILES string of the molecule is COC1CC(NS(=O)(=O)c2cc(C(=O)O)oc2C)C1(C)C.